The summed E-state index contributed by atoms with van der Waals surface area (Å²) in [5, 5.41) is 5.88. The third kappa shape index (κ3) is 4.65. The summed E-state index contributed by atoms with van der Waals surface area (Å²) in [4.78, 5) is 16.6. The Bertz CT molecular complexity index is 835. The molecule has 0 aliphatic heterocycles. The van der Waals surface area contributed by atoms with Crippen LogP contribution >= 0.6 is 11.6 Å². The first-order valence-corrected chi connectivity index (χ1v) is 8.45. The van der Waals surface area contributed by atoms with E-state index in [9.17, 15) is 9.18 Å². The van der Waals surface area contributed by atoms with Gasteiger partial charge in [0.25, 0.3) is 0 Å². The molecule has 0 saturated heterocycles. The average molecular weight is 370 g/mol. The topological polar surface area (TPSA) is 54.0 Å². The Morgan fingerprint density at radius 3 is 2.54 bits per heavy atom. The molecule has 2 aromatic carbocycles. The van der Waals surface area contributed by atoms with Crippen LogP contribution in [0.25, 0.3) is 0 Å². The van der Waals surface area contributed by atoms with Gasteiger partial charge in [-0.3, -0.25) is 15.1 Å². The zero-order chi connectivity index (χ0) is 18.4. The van der Waals surface area contributed by atoms with Gasteiger partial charge in [-0.05, 0) is 35.9 Å². The highest BCUT2D eigenvalue weighted by molar-refractivity contribution is 6.31. The van der Waals surface area contributed by atoms with Crippen molar-refractivity contribution in [1.82, 2.24) is 10.3 Å². The van der Waals surface area contributed by atoms with E-state index in [1.807, 2.05) is 48.5 Å². The van der Waals surface area contributed by atoms with Gasteiger partial charge in [0, 0.05) is 11.9 Å². The first-order valence-electron chi connectivity index (χ1n) is 8.07. The van der Waals surface area contributed by atoms with Crippen LogP contribution in [-0.4, -0.2) is 17.4 Å². The molecule has 1 heterocycles. The van der Waals surface area contributed by atoms with Crippen molar-refractivity contribution in [2.24, 2.45) is 0 Å². The van der Waals surface area contributed by atoms with E-state index < -0.39 is 5.82 Å². The summed E-state index contributed by atoms with van der Waals surface area (Å²) in [6, 6.07) is 19.2. The Labute approximate surface area is 156 Å². The molecule has 0 aliphatic rings. The number of benzene rings is 2. The molecule has 3 rings (SSSR count). The van der Waals surface area contributed by atoms with Gasteiger partial charge in [-0.15, -0.1) is 0 Å². The zero-order valence-corrected chi connectivity index (χ0v) is 14.6. The number of anilines is 1. The molecule has 0 spiro atoms. The highest BCUT2D eigenvalue weighted by Gasteiger charge is 2.16. The van der Waals surface area contributed by atoms with Crippen LogP contribution in [0.2, 0.25) is 5.02 Å². The van der Waals surface area contributed by atoms with Crippen molar-refractivity contribution in [2.75, 3.05) is 11.9 Å². The average Bonchev–Trinajstić information content (AvgIpc) is 2.67. The van der Waals surface area contributed by atoms with E-state index in [0.717, 1.165) is 11.3 Å². The van der Waals surface area contributed by atoms with Crippen molar-refractivity contribution in [3.63, 3.8) is 0 Å². The van der Waals surface area contributed by atoms with Gasteiger partial charge in [-0.1, -0.05) is 48.0 Å². The van der Waals surface area contributed by atoms with E-state index in [-0.39, 0.29) is 23.5 Å². The van der Waals surface area contributed by atoms with Crippen molar-refractivity contribution < 1.29 is 9.18 Å². The van der Waals surface area contributed by atoms with E-state index in [1.165, 1.54) is 18.2 Å². The minimum atomic E-state index is -0.526. The third-order valence-electron chi connectivity index (χ3n) is 3.79. The van der Waals surface area contributed by atoms with Gasteiger partial charge < -0.3 is 5.32 Å². The van der Waals surface area contributed by atoms with Crippen LogP contribution in [0.5, 0.6) is 0 Å². The Balaban J connectivity index is 1.69. The molecule has 0 fully saturated rings. The summed E-state index contributed by atoms with van der Waals surface area (Å²) in [6.45, 7) is 0.0606. The Morgan fingerprint density at radius 2 is 1.85 bits per heavy atom. The molecule has 0 bridgehead atoms. The molecule has 4 nitrogen and oxygen atoms in total. The number of amides is 1. The Kier molecular flexibility index (Phi) is 5.94. The van der Waals surface area contributed by atoms with E-state index in [2.05, 4.69) is 15.6 Å². The molecule has 1 aromatic heterocycles. The fraction of sp³-hybridized carbons (Fsp3) is 0.100. The smallest absolute Gasteiger partial charge is 0.238 e. The molecule has 0 saturated carbocycles. The van der Waals surface area contributed by atoms with Crippen LogP contribution in [0.3, 0.4) is 0 Å². The molecule has 132 valence electrons. The number of carbonyl (C=O) groups excluding carboxylic acids is 1. The molecule has 0 radical (unpaired) electrons. The van der Waals surface area contributed by atoms with Crippen molar-refractivity contribution in [2.45, 2.75) is 6.04 Å². The van der Waals surface area contributed by atoms with Crippen LogP contribution < -0.4 is 10.6 Å². The fourth-order valence-electron chi connectivity index (χ4n) is 2.56. The lowest BCUT2D eigenvalue weighted by Gasteiger charge is -2.18. The third-order valence-corrected chi connectivity index (χ3v) is 4.08. The Hall–Kier alpha value is -2.76. The molecule has 1 unspecified atom stereocenters. The van der Waals surface area contributed by atoms with E-state index >= 15 is 0 Å². The molecule has 1 atom stereocenters. The van der Waals surface area contributed by atoms with Crippen molar-refractivity contribution in [1.29, 1.82) is 0 Å². The van der Waals surface area contributed by atoms with Crippen LogP contribution in [0.1, 0.15) is 17.3 Å². The number of carbonyl (C=O) groups is 1. The van der Waals surface area contributed by atoms with Gasteiger partial charge in [0.05, 0.1) is 23.3 Å². The number of hydrogen-bond acceptors (Lipinski definition) is 3. The molecule has 0 aliphatic carbocycles. The molecule has 2 N–H and O–H groups in total. The summed E-state index contributed by atoms with van der Waals surface area (Å²) < 4.78 is 13.2. The maximum absolute atomic E-state index is 13.2. The Morgan fingerprint density at radius 1 is 1.08 bits per heavy atom. The quantitative estimate of drug-likeness (QED) is 0.685. The molecule has 6 heteroatoms. The van der Waals surface area contributed by atoms with Crippen LogP contribution in [0.15, 0.2) is 72.9 Å². The fourth-order valence-corrected chi connectivity index (χ4v) is 2.74. The maximum Gasteiger partial charge on any atom is 0.238 e. The van der Waals surface area contributed by atoms with Crippen LogP contribution in [-0.2, 0) is 4.79 Å². The lowest BCUT2D eigenvalue weighted by atomic mass is 10.0. The number of nitrogens with one attached hydrogen (secondary N) is 2. The van der Waals surface area contributed by atoms with Gasteiger partial charge in [0.15, 0.2) is 0 Å². The summed E-state index contributed by atoms with van der Waals surface area (Å²) in [7, 11) is 0. The monoisotopic (exact) mass is 369 g/mol. The highest BCUT2D eigenvalue weighted by atomic mass is 35.5. The second-order valence-corrected chi connectivity index (χ2v) is 6.06. The highest BCUT2D eigenvalue weighted by Crippen LogP contribution is 2.21. The summed E-state index contributed by atoms with van der Waals surface area (Å²) in [6.07, 6.45) is 1.72. The standard InChI is InChI=1S/C20H17ClFN3O/c21-16-12-15(9-10-17(16)22)25-19(26)13-24-20(14-6-2-1-3-7-14)18-8-4-5-11-23-18/h1-12,20,24H,13H2,(H,25,26). The van der Waals surface area contributed by atoms with E-state index in [4.69, 9.17) is 11.6 Å². The van der Waals surface area contributed by atoms with E-state index in [1.54, 1.807) is 6.20 Å². The molecule has 26 heavy (non-hydrogen) atoms. The van der Waals surface area contributed by atoms with Gasteiger partial charge in [-0.2, -0.15) is 0 Å². The van der Waals surface area contributed by atoms with Gasteiger partial charge >= 0.3 is 0 Å². The minimum Gasteiger partial charge on any atom is -0.325 e. The van der Waals surface area contributed by atoms with Crippen molar-refractivity contribution >= 4 is 23.2 Å². The number of aromatic nitrogens is 1. The van der Waals surface area contributed by atoms with Gasteiger partial charge in [-0.25, -0.2) is 4.39 Å². The molecular formula is C20H17ClFN3O. The van der Waals surface area contributed by atoms with Crippen LogP contribution in [0, 0.1) is 5.82 Å². The predicted octanol–water partition coefficient (Wildman–Crippen LogP) is 4.19. The second kappa shape index (κ2) is 8.56. The summed E-state index contributed by atoms with van der Waals surface area (Å²) in [5.41, 5.74) is 2.26. The predicted molar refractivity (Wildman–Crippen MR) is 101 cm³/mol. The zero-order valence-electron chi connectivity index (χ0n) is 13.8. The first kappa shape index (κ1) is 18.0. The lowest BCUT2D eigenvalue weighted by Crippen LogP contribution is -2.32. The maximum atomic E-state index is 13.2. The van der Waals surface area contributed by atoms with Crippen LogP contribution in [0.4, 0.5) is 10.1 Å². The minimum absolute atomic E-state index is 0.0357. The second-order valence-electron chi connectivity index (χ2n) is 5.66. The largest absolute Gasteiger partial charge is 0.325 e. The SMILES string of the molecule is O=C(CNC(c1ccccc1)c1ccccn1)Nc1ccc(F)c(Cl)c1. The van der Waals surface area contributed by atoms with Crippen molar-refractivity contribution in [3.05, 3.63) is 95.0 Å². The van der Waals surface area contributed by atoms with Gasteiger partial charge in [0.1, 0.15) is 5.82 Å². The lowest BCUT2D eigenvalue weighted by molar-refractivity contribution is -0.115. The van der Waals surface area contributed by atoms with Crippen molar-refractivity contribution in [3.8, 4) is 0 Å². The number of rotatable bonds is 6. The molecular weight excluding hydrogens is 353 g/mol. The number of nitrogens with zero attached hydrogens (tertiary/aromatic N) is 1. The summed E-state index contributed by atoms with van der Waals surface area (Å²) >= 11 is 5.73. The summed E-state index contributed by atoms with van der Waals surface area (Å²) in [5.74, 6) is -0.786. The number of pyridine rings is 1. The first-order chi connectivity index (χ1) is 12.6. The molecule has 1 amide bonds. The number of hydrogen-bond donors (Lipinski definition) is 2. The molecule has 3 aromatic rings. The normalized spacial score (nSPS) is 11.8. The van der Waals surface area contributed by atoms with Gasteiger partial charge in [0.2, 0.25) is 5.91 Å². The number of halogens is 2. The van der Waals surface area contributed by atoms with E-state index in [0.29, 0.717) is 5.69 Å².